The highest BCUT2D eigenvalue weighted by atomic mass is 35.5. The van der Waals surface area contributed by atoms with E-state index in [9.17, 15) is 4.79 Å². The molecule has 2 rings (SSSR count). The molecule has 1 saturated heterocycles. The van der Waals surface area contributed by atoms with Crippen molar-refractivity contribution in [1.29, 1.82) is 0 Å². The number of esters is 1. The fourth-order valence-corrected chi connectivity index (χ4v) is 4.11. The van der Waals surface area contributed by atoms with Crippen LogP contribution in [0.1, 0.15) is 51.5 Å². The quantitative estimate of drug-likeness (QED) is 0.495. The Balaban J connectivity index is 1.76. The molecule has 1 atom stereocenters. The van der Waals surface area contributed by atoms with E-state index in [1.165, 1.54) is 5.56 Å². The molecule has 1 unspecified atom stereocenters. The SMILES string of the molecule is [CH2]CCCC(N)(CCCN1CCN(Cc2ccc(Cl)c(Cl)c2)CC1)C(=O)OC(C)C. The van der Waals surface area contributed by atoms with Crippen molar-refractivity contribution >= 4 is 29.2 Å². The van der Waals surface area contributed by atoms with E-state index in [-0.39, 0.29) is 12.1 Å². The molecular formula is C23H36Cl2N3O2. The van der Waals surface area contributed by atoms with E-state index in [4.69, 9.17) is 33.7 Å². The molecule has 1 radical (unpaired) electrons. The van der Waals surface area contributed by atoms with Crippen LogP contribution in [0.25, 0.3) is 0 Å². The fourth-order valence-electron chi connectivity index (χ4n) is 3.79. The number of nitrogens with two attached hydrogens (primary N) is 1. The predicted octanol–water partition coefficient (Wildman–Crippen LogP) is 4.54. The minimum atomic E-state index is -0.905. The summed E-state index contributed by atoms with van der Waals surface area (Å²) in [5.41, 5.74) is 6.75. The summed E-state index contributed by atoms with van der Waals surface area (Å²) >= 11 is 12.1. The Morgan fingerprint density at radius 3 is 2.37 bits per heavy atom. The minimum absolute atomic E-state index is 0.149. The molecule has 7 heteroatoms. The molecule has 0 saturated carbocycles. The first-order valence-corrected chi connectivity index (χ1v) is 11.7. The van der Waals surface area contributed by atoms with Crippen LogP contribution in [0.15, 0.2) is 18.2 Å². The van der Waals surface area contributed by atoms with Crippen molar-refractivity contribution in [2.45, 2.75) is 64.1 Å². The van der Waals surface area contributed by atoms with Crippen LogP contribution in [-0.4, -0.2) is 60.1 Å². The Labute approximate surface area is 191 Å². The van der Waals surface area contributed by atoms with E-state index < -0.39 is 5.54 Å². The summed E-state index contributed by atoms with van der Waals surface area (Å²) in [6.07, 6.45) is 3.60. The number of hydrogen-bond acceptors (Lipinski definition) is 5. The molecule has 0 spiro atoms. The lowest BCUT2D eigenvalue weighted by atomic mass is 9.88. The summed E-state index contributed by atoms with van der Waals surface area (Å²) in [4.78, 5) is 17.4. The van der Waals surface area contributed by atoms with Crippen LogP contribution in [-0.2, 0) is 16.1 Å². The number of hydrogen-bond donors (Lipinski definition) is 1. The summed E-state index contributed by atoms with van der Waals surface area (Å²) in [5.74, 6) is -0.280. The van der Waals surface area contributed by atoms with Crippen LogP contribution in [0.4, 0.5) is 0 Å². The average molecular weight is 457 g/mol. The lowest BCUT2D eigenvalue weighted by molar-refractivity contribution is -0.154. The van der Waals surface area contributed by atoms with Crippen LogP contribution in [0.3, 0.4) is 0 Å². The first-order valence-electron chi connectivity index (χ1n) is 10.9. The Hall–Kier alpha value is -0.850. The van der Waals surface area contributed by atoms with Crippen molar-refractivity contribution in [2.75, 3.05) is 32.7 Å². The van der Waals surface area contributed by atoms with Gasteiger partial charge in [0.15, 0.2) is 0 Å². The topological polar surface area (TPSA) is 58.8 Å². The Morgan fingerprint density at radius 1 is 1.13 bits per heavy atom. The molecule has 30 heavy (non-hydrogen) atoms. The summed E-state index contributed by atoms with van der Waals surface area (Å²) in [6, 6.07) is 5.83. The fraction of sp³-hybridized carbons (Fsp3) is 0.652. The second kappa shape index (κ2) is 12.3. The molecule has 2 N–H and O–H groups in total. The van der Waals surface area contributed by atoms with E-state index in [0.717, 1.165) is 58.5 Å². The molecule has 169 valence electrons. The van der Waals surface area contributed by atoms with E-state index in [0.29, 0.717) is 22.9 Å². The first-order chi connectivity index (χ1) is 14.2. The normalized spacial score (nSPS) is 17.8. The van der Waals surface area contributed by atoms with Crippen LogP contribution in [0.2, 0.25) is 10.0 Å². The Kier molecular flexibility index (Phi) is 10.4. The van der Waals surface area contributed by atoms with Gasteiger partial charge in [-0.15, -0.1) is 0 Å². The van der Waals surface area contributed by atoms with Gasteiger partial charge < -0.3 is 15.4 Å². The summed E-state index contributed by atoms with van der Waals surface area (Å²) < 4.78 is 5.42. The number of piperazine rings is 1. The van der Waals surface area contributed by atoms with Gasteiger partial charge in [0, 0.05) is 32.7 Å². The maximum atomic E-state index is 12.5. The zero-order chi connectivity index (χ0) is 22.1. The zero-order valence-electron chi connectivity index (χ0n) is 18.3. The zero-order valence-corrected chi connectivity index (χ0v) is 19.9. The van der Waals surface area contributed by atoms with Gasteiger partial charge in [0.05, 0.1) is 16.1 Å². The minimum Gasteiger partial charge on any atom is -0.462 e. The third-order valence-corrected chi connectivity index (χ3v) is 6.31. The van der Waals surface area contributed by atoms with Crippen molar-refractivity contribution in [3.8, 4) is 0 Å². The maximum absolute atomic E-state index is 12.5. The van der Waals surface area contributed by atoms with Crippen molar-refractivity contribution in [3.05, 3.63) is 40.7 Å². The second-order valence-corrected chi connectivity index (χ2v) is 9.35. The Morgan fingerprint density at radius 2 is 1.77 bits per heavy atom. The lowest BCUT2D eigenvalue weighted by Crippen LogP contribution is -2.51. The van der Waals surface area contributed by atoms with Crippen LogP contribution < -0.4 is 5.73 Å². The molecular weight excluding hydrogens is 421 g/mol. The molecule has 1 fully saturated rings. The monoisotopic (exact) mass is 456 g/mol. The number of carbonyl (C=O) groups is 1. The van der Waals surface area contributed by atoms with Gasteiger partial charge >= 0.3 is 5.97 Å². The van der Waals surface area contributed by atoms with Crippen LogP contribution in [0, 0.1) is 6.92 Å². The number of benzene rings is 1. The van der Waals surface area contributed by atoms with Gasteiger partial charge in [-0.25, -0.2) is 0 Å². The molecule has 1 heterocycles. The molecule has 1 aliphatic rings. The van der Waals surface area contributed by atoms with Gasteiger partial charge in [0.25, 0.3) is 0 Å². The standard InChI is InChI=1S/C23H36Cl2N3O2/c1-4-5-9-23(26,22(29)30-18(2)3)10-6-11-27-12-14-28(15-13-27)17-19-7-8-20(24)21(25)16-19/h7-8,16,18H,1,4-6,9-15,17,26H2,2-3H3. The summed E-state index contributed by atoms with van der Waals surface area (Å²) in [5, 5.41) is 1.20. The van der Waals surface area contributed by atoms with Gasteiger partial charge in [-0.3, -0.25) is 9.69 Å². The van der Waals surface area contributed by atoms with Crippen molar-refractivity contribution in [2.24, 2.45) is 5.73 Å². The van der Waals surface area contributed by atoms with Gasteiger partial charge in [-0.05, 0) is 57.4 Å². The summed E-state index contributed by atoms with van der Waals surface area (Å²) in [6.45, 7) is 13.4. The number of unbranched alkanes of at least 4 members (excludes halogenated alkanes) is 1. The van der Waals surface area contributed by atoms with Crippen molar-refractivity contribution < 1.29 is 9.53 Å². The van der Waals surface area contributed by atoms with Gasteiger partial charge in [-0.2, -0.15) is 0 Å². The van der Waals surface area contributed by atoms with E-state index >= 15 is 0 Å². The van der Waals surface area contributed by atoms with Gasteiger partial charge in [0.1, 0.15) is 5.54 Å². The van der Waals surface area contributed by atoms with Gasteiger partial charge in [0.2, 0.25) is 0 Å². The molecule has 1 aliphatic heterocycles. The molecule has 0 aromatic heterocycles. The maximum Gasteiger partial charge on any atom is 0.326 e. The average Bonchev–Trinajstić information content (AvgIpc) is 2.70. The smallest absolute Gasteiger partial charge is 0.326 e. The van der Waals surface area contributed by atoms with E-state index in [1.54, 1.807) is 0 Å². The number of carbonyl (C=O) groups excluding carboxylic acids is 1. The molecule has 1 aromatic carbocycles. The van der Waals surface area contributed by atoms with E-state index in [1.807, 2.05) is 32.0 Å². The highest BCUT2D eigenvalue weighted by molar-refractivity contribution is 6.42. The third-order valence-electron chi connectivity index (χ3n) is 5.57. The Bertz CT molecular complexity index is 678. The van der Waals surface area contributed by atoms with Crippen molar-refractivity contribution in [3.63, 3.8) is 0 Å². The molecule has 0 bridgehead atoms. The highest BCUT2D eigenvalue weighted by Gasteiger charge is 2.35. The van der Waals surface area contributed by atoms with Crippen molar-refractivity contribution in [1.82, 2.24) is 9.80 Å². The second-order valence-electron chi connectivity index (χ2n) is 8.54. The lowest BCUT2D eigenvalue weighted by Gasteiger charge is -2.35. The number of rotatable bonds is 11. The molecule has 0 aliphatic carbocycles. The largest absolute Gasteiger partial charge is 0.462 e. The first kappa shape index (κ1) is 25.4. The highest BCUT2D eigenvalue weighted by Crippen LogP contribution is 2.24. The predicted molar refractivity (Wildman–Crippen MR) is 125 cm³/mol. The molecule has 0 amide bonds. The van der Waals surface area contributed by atoms with Crippen LogP contribution >= 0.6 is 23.2 Å². The number of halogens is 2. The summed E-state index contributed by atoms with van der Waals surface area (Å²) in [7, 11) is 0. The molecule has 5 nitrogen and oxygen atoms in total. The number of ether oxygens (including phenoxy) is 1. The van der Waals surface area contributed by atoms with E-state index in [2.05, 4.69) is 16.7 Å². The number of nitrogens with zero attached hydrogens (tertiary/aromatic N) is 2. The third kappa shape index (κ3) is 8.01. The van der Waals surface area contributed by atoms with Crippen LogP contribution in [0.5, 0.6) is 0 Å². The van der Waals surface area contributed by atoms with Gasteiger partial charge in [-0.1, -0.05) is 49.0 Å². The molecule has 1 aromatic rings.